The van der Waals surface area contributed by atoms with Crippen molar-refractivity contribution in [3.8, 4) is 0 Å². The summed E-state index contributed by atoms with van der Waals surface area (Å²) in [6, 6.07) is 2.19. The van der Waals surface area contributed by atoms with Crippen molar-refractivity contribution in [2.75, 3.05) is 12.3 Å². The molecule has 1 saturated heterocycles. The minimum Gasteiger partial charge on any atom is -0.467 e. The molecule has 2 aliphatic rings. The summed E-state index contributed by atoms with van der Waals surface area (Å²) in [4.78, 5) is 14.7. The van der Waals surface area contributed by atoms with E-state index in [4.69, 9.17) is 10.2 Å². The van der Waals surface area contributed by atoms with Crippen molar-refractivity contribution in [2.24, 2.45) is 5.73 Å². The third kappa shape index (κ3) is 2.54. The van der Waals surface area contributed by atoms with Crippen molar-refractivity contribution in [1.82, 2.24) is 4.90 Å². The topological polar surface area (TPSA) is 59.5 Å². The van der Waals surface area contributed by atoms with E-state index in [1.807, 2.05) is 11.8 Å². The van der Waals surface area contributed by atoms with E-state index in [9.17, 15) is 4.79 Å². The number of hydrogen-bond donors (Lipinski definition) is 1. The van der Waals surface area contributed by atoms with E-state index < -0.39 is 0 Å². The van der Waals surface area contributed by atoms with Gasteiger partial charge in [0, 0.05) is 23.6 Å². The second-order valence-corrected chi connectivity index (χ2v) is 6.61. The molecule has 0 spiro atoms. The second-order valence-electron chi connectivity index (χ2n) is 5.27. The summed E-state index contributed by atoms with van der Waals surface area (Å²) in [5.74, 6) is 1.84. The van der Waals surface area contributed by atoms with Gasteiger partial charge >= 0.3 is 0 Å². The lowest BCUT2D eigenvalue weighted by molar-refractivity contribution is 0.0645. The molecule has 2 fully saturated rings. The van der Waals surface area contributed by atoms with Gasteiger partial charge in [-0.15, -0.1) is 0 Å². The average Bonchev–Trinajstić information content (AvgIpc) is 2.95. The lowest BCUT2D eigenvalue weighted by Crippen LogP contribution is -2.51. The molecule has 104 valence electrons. The Bertz CT molecular complexity index is 458. The number of amides is 1. The Morgan fingerprint density at radius 3 is 3.11 bits per heavy atom. The summed E-state index contributed by atoms with van der Waals surface area (Å²) in [7, 11) is 0. The van der Waals surface area contributed by atoms with Crippen molar-refractivity contribution in [3.05, 3.63) is 23.7 Å². The Balaban J connectivity index is 1.77. The van der Waals surface area contributed by atoms with Gasteiger partial charge in [-0.2, -0.15) is 11.8 Å². The lowest BCUT2D eigenvalue weighted by Gasteiger charge is -2.43. The highest BCUT2D eigenvalue weighted by Crippen LogP contribution is 2.36. The molecule has 0 radical (unpaired) electrons. The summed E-state index contributed by atoms with van der Waals surface area (Å²) in [5.41, 5.74) is 6.18. The van der Waals surface area contributed by atoms with Crippen molar-refractivity contribution < 1.29 is 9.21 Å². The van der Waals surface area contributed by atoms with Crippen molar-refractivity contribution >= 4 is 17.7 Å². The predicted molar refractivity (Wildman–Crippen MR) is 76.1 cm³/mol. The average molecular weight is 280 g/mol. The first-order chi connectivity index (χ1) is 9.29. The summed E-state index contributed by atoms with van der Waals surface area (Å²) < 4.78 is 5.28. The van der Waals surface area contributed by atoms with Crippen LogP contribution in [0.15, 0.2) is 16.7 Å². The van der Waals surface area contributed by atoms with Crippen molar-refractivity contribution in [3.63, 3.8) is 0 Å². The Hall–Kier alpha value is -0.940. The maximum atomic E-state index is 12.6. The monoisotopic (exact) mass is 280 g/mol. The predicted octanol–water partition coefficient (Wildman–Crippen LogP) is 2.24. The van der Waals surface area contributed by atoms with Gasteiger partial charge in [-0.3, -0.25) is 4.79 Å². The van der Waals surface area contributed by atoms with Crippen LogP contribution in [0.4, 0.5) is 0 Å². The number of furan rings is 1. The zero-order chi connectivity index (χ0) is 13.2. The van der Waals surface area contributed by atoms with Gasteiger partial charge in [-0.05, 0) is 18.9 Å². The molecule has 2 N–H and O–H groups in total. The first kappa shape index (κ1) is 13.1. The van der Waals surface area contributed by atoms with Gasteiger partial charge in [0.05, 0.1) is 12.1 Å². The zero-order valence-corrected chi connectivity index (χ0v) is 11.8. The van der Waals surface area contributed by atoms with Gasteiger partial charge < -0.3 is 15.1 Å². The van der Waals surface area contributed by atoms with Crippen LogP contribution in [0.5, 0.6) is 0 Å². The Morgan fingerprint density at radius 1 is 1.47 bits per heavy atom. The number of hydrogen-bond acceptors (Lipinski definition) is 4. The van der Waals surface area contributed by atoms with Gasteiger partial charge in [0.1, 0.15) is 12.0 Å². The Morgan fingerprint density at radius 2 is 2.32 bits per heavy atom. The van der Waals surface area contributed by atoms with Gasteiger partial charge in [0.2, 0.25) is 0 Å². The smallest absolute Gasteiger partial charge is 0.257 e. The van der Waals surface area contributed by atoms with Crippen molar-refractivity contribution in [2.45, 2.75) is 43.5 Å². The van der Waals surface area contributed by atoms with Crippen LogP contribution in [0.3, 0.4) is 0 Å². The van der Waals surface area contributed by atoms with Crippen LogP contribution in [0.1, 0.15) is 41.8 Å². The van der Waals surface area contributed by atoms with Gasteiger partial charge in [0.15, 0.2) is 0 Å². The van der Waals surface area contributed by atoms with Crippen LogP contribution in [0.2, 0.25) is 0 Å². The molecule has 4 nitrogen and oxygen atoms in total. The molecule has 3 rings (SSSR count). The summed E-state index contributed by atoms with van der Waals surface area (Å²) in [6.45, 7) is 1.20. The standard InChI is InChI=1S/C14H20N2O2S/c15-8-11-7-10(9-18-11)14(17)16-5-6-19-13-4-2-1-3-12(13)16/h7,9,12-13H,1-6,8,15H2. The van der Waals surface area contributed by atoms with E-state index in [1.165, 1.54) is 19.3 Å². The van der Waals surface area contributed by atoms with E-state index in [0.717, 1.165) is 18.7 Å². The number of nitrogens with zero attached hydrogens (tertiary/aromatic N) is 1. The SMILES string of the molecule is NCc1cc(C(=O)N2CCSC3CCCCC32)co1. The lowest BCUT2D eigenvalue weighted by atomic mass is 9.93. The van der Waals surface area contributed by atoms with E-state index in [2.05, 4.69) is 4.90 Å². The number of nitrogens with two attached hydrogens (primary N) is 1. The quantitative estimate of drug-likeness (QED) is 0.902. The fraction of sp³-hybridized carbons (Fsp3) is 0.643. The minimum absolute atomic E-state index is 0.112. The molecule has 2 unspecified atom stereocenters. The third-order valence-corrected chi connectivity index (χ3v) is 5.49. The molecule has 1 aromatic rings. The van der Waals surface area contributed by atoms with Gasteiger partial charge in [-0.25, -0.2) is 0 Å². The first-order valence-electron chi connectivity index (χ1n) is 6.99. The third-order valence-electron chi connectivity index (χ3n) is 4.09. The molecular weight excluding hydrogens is 260 g/mol. The summed E-state index contributed by atoms with van der Waals surface area (Å²) in [6.07, 6.45) is 6.48. The molecular formula is C14H20N2O2S. The molecule has 19 heavy (non-hydrogen) atoms. The number of rotatable bonds is 2. The molecule has 0 aromatic carbocycles. The number of thioether (sulfide) groups is 1. The second kappa shape index (κ2) is 5.59. The highest BCUT2D eigenvalue weighted by molar-refractivity contribution is 8.00. The maximum Gasteiger partial charge on any atom is 0.257 e. The van der Waals surface area contributed by atoms with Gasteiger partial charge in [0.25, 0.3) is 5.91 Å². The molecule has 2 atom stereocenters. The van der Waals surface area contributed by atoms with Crippen LogP contribution in [-0.4, -0.2) is 34.4 Å². The maximum absolute atomic E-state index is 12.6. The van der Waals surface area contributed by atoms with Crippen LogP contribution in [0, 0.1) is 0 Å². The largest absolute Gasteiger partial charge is 0.467 e. The summed E-state index contributed by atoms with van der Waals surface area (Å²) in [5, 5.41) is 0.632. The van der Waals surface area contributed by atoms with E-state index in [0.29, 0.717) is 29.2 Å². The highest BCUT2D eigenvalue weighted by Gasteiger charge is 2.36. The molecule has 1 aliphatic carbocycles. The molecule has 1 amide bonds. The first-order valence-corrected chi connectivity index (χ1v) is 8.04. The van der Waals surface area contributed by atoms with Crippen LogP contribution < -0.4 is 5.73 Å². The van der Waals surface area contributed by atoms with Crippen LogP contribution >= 0.6 is 11.8 Å². The molecule has 1 aliphatic heterocycles. The molecule has 0 bridgehead atoms. The number of carbonyl (C=O) groups is 1. The van der Waals surface area contributed by atoms with Gasteiger partial charge in [-0.1, -0.05) is 12.8 Å². The van der Waals surface area contributed by atoms with Crippen LogP contribution in [0.25, 0.3) is 0 Å². The summed E-state index contributed by atoms with van der Waals surface area (Å²) >= 11 is 2.04. The molecule has 5 heteroatoms. The zero-order valence-electron chi connectivity index (χ0n) is 11.0. The van der Waals surface area contributed by atoms with E-state index >= 15 is 0 Å². The van der Waals surface area contributed by atoms with Crippen LogP contribution in [-0.2, 0) is 6.54 Å². The van der Waals surface area contributed by atoms with E-state index in [1.54, 1.807) is 12.3 Å². The fourth-order valence-electron chi connectivity index (χ4n) is 3.11. The molecule has 1 saturated carbocycles. The highest BCUT2D eigenvalue weighted by atomic mass is 32.2. The Kier molecular flexibility index (Phi) is 3.84. The normalized spacial score (nSPS) is 27.1. The number of carbonyl (C=O) groups excluding carboxylic acids is 1. The minimum atomic E-state index is 0.112. The molecule has 2 heterocycles. The number of fused-ring (bicyclic) bond motifs is 1. The molecule has 1 aromatic heterocycles. The Labute approximate surface area is 117 Å². The van der Waals surface area contributed by atoms with E-state index in [-0.39, 0.29) is 5.91 Å². The fourth-order valence-corrected chi connectivity index (χ4v) is 4.56. The van der Waals surface area contributed by atoms with Crippen molar-refractivity contribution in [1.29, 1.82) is 0 Å².